The van der Waals surface area contributed by atoms with Gasteiger partial charge in [0.15, 0.2) is 5.65 Å². The summed E-state index contributed by atoms with van der Waals surface area (Å²) < 4.78 is 0. The summed E-state index contributed by atoms with van der Waals surface area (Å²) >= 11 is 6.02. The third kappa shape index (κ3) is 2.32. The van der Waals surface area contributed by atoms with Gasteiger partial charge in [-0.3, -0.25) is 0 Å². The van der Waals surface area contributed by atoms with Crippen LogP contribution in [0.3, 0.4) is 0 Å². The fourth-order valence-electron chi connectivity index (χ4n) is 2.36. The van der Waals surface area contributed by atoms with Crippen molar-refractivity contribution in [3.8, 4) is 0 Å². The molecule has 0 spiro atoms. The highest BCUT2D eigenvalue weighted by atomic mass is 35.5. The Bertz CT molecular complexity index is 679. The van der Waals surface area contributed by atoms with Gasteiger partial charge in [0.05, 0.1) is 17.1 Å². The Morgan fingerprint density at radius 3 is 2.53 bits per heavy atom. The van der Waals surface area contributed by atoms with Crippen LogP contribution < -0.4 is 0 Å². The Morgan fingerprint density at radius 2 is 1.79 bits per heavy atom. The first-order chi connectivity index (χ1) is 9.15. The Morgan fingerprint density at radius 1 is 1.00 bits per heavy atom. The maximum Gasteiger partial charge on any atom is 0.225 e. The van der Waals surface area contributed by atoms with Gasteiger partial charge in [0, 0.05) is 0 Å². The van der Waals surface area contributed by atoms with Crippen molar-refractivity contribution in [2.45, 2.75) is 39.5 Å². The predicted molar refractivity (Wildman–Crippen MR) is 76.1 cm³/mol. The standard InChI is InChI=1S/C14H15ClN4/c1-8-9(2)17-13-12(16-8)11(18-14(15)19-13)10-6-4-3-5-7-10/h6H,3-5,7H2,1-2H3. The molecule has 0 atom stereocenters. The van der Waals surface area contributed by atoms with Gasteiger partial charge in [-0.15, -0.1) is 0 Å². The molecule has 0 aliphatic heterocycles. The molecule has 0 bridgehead atoms. The molecule has 98 valence electrons. The summed E-state index contributed by atoms with van der Waals surface area (Å²) in [6.07, 6.45) is 6.78. The predicted octanol–water partition coefficient (Wildman–Crippen LogP) is 3.65. The number of allylic oxidation sites excluding steroid dienone is 2. The number of hydrogen-bond donors (Lipinski definition) is 0. The summed E-state index contributed by atoms with van der Waals surface area (Å²) in [5, 5.41) is 0.242. The number of nitrogens with zero attached hydrogens (tertiary/aromatic N) is 4. The van der Waals surface area contributed by atoms with Gasteiger partial charge in [-0.05, 0) is 56.7 Å². The van der Waals surface area contributed by atoms with Crippen molar-refractivity contribution in [2.24, 2.45) is 0 Å². The van der Waals surface area contributed by atoms with Crippen LogP contribution in [-0.2, 0) is 0 Å². The van der Waals surface area contributed by atoms with Gasteiger partial charge in [0.1, 0.15) is 5.52 Å². The van der Waals surface area contributed by atoms with Crippen LogP contribution in [0.1, 0.15) is 42.8 Å². The van der Waals surface area contributed by atoms with Crippen molar-refractivity contribution in [1.29, 1.82) is 0 Å². The average Bonchev–Trinajstić information content (AvgIpc) is 2.41. The number of fused-ring (bicyclic) bond motifs is 1. The molecule has 0 unspecified atom stereocenters. The van der Waals surface area contributed by atoms with Crippen molar-refractivity contribution >= 4 is 28.3 Å². The molecule has 2 heterocycles. The molecule has 0 fully saturated rings. The van der Waals surface area contributed by atoms with E-state index in [-0.39, 0.29) is 5.28 Å². The smallest absolute Gasteiger partial charge is 0.225 e. The van der Waals surface area contributed by atoms with E-state index in [2.05, 4.69) is 26.0 Å². The van der Waals surface area contributed by atoms with E-state index in [0.29, 0.717) is 5.65 Å². The van der Waals surface area contributed by atoms with Crippen LogP contribution >= 0.6 is 11.6 Å². The van der Waals surface area contributed by atoms with E-state index in [9.17, 15) is 0 Å². The minimum atomic E-state index is 0.242. The van der Waals surface area contributed by atoms with Crippen molar-refractivity contribution in [1.82, 2.24) is 19.9 Å². The lowest BCUT2D eigenvalue weighted by Gasteiger charge is -2.14. The molecule has 19 heavy (non-hydrogen) atoms. The van der Waals surface area contributed by atoms with Crippen LogP contribution in [0.2, 0.25) is 5.28 Å². The van der Waals surface area contributed by atoms with Gasteiger partial charge in [-0.25, -0.2) is 15.0 Å². The van der Waals surface area contributed by atoms with E-state index in [1.165, 1.54) is 18.4 Å². The molecule has 1 aliphatic carbocycles. The third-order valence-electron chi connectivity index (χ3n) is 3.51. The topological polar surface area (TPSA) is 51.6 Å². The second-order valence-electron chi connectivity index (χ2n) is 4.88. The van der Waals surface area contributed by atoms with E-state index in [1.807, 2.05) is 13.8 Å². The Kier molecular flexibility index (Phi) is 3.19. The molecule has 4 nitrogen and oxygen atoms in total. The zero-order valence-corrected chi connectivity index (χ0v) is 11.8. The van der Waals surface area contributed by atoms with Gasteiger partial charge < -0.3 is 0 Å². The van der Waals surface area contributed by atoms with Crippen LogP contribution in [0.25, 0.3) is 16.7 Å². The number of aromatic nitrogens is 4. The number of halogens is 1. The van der Waals surface area contributed by atoms with E-state index in [0.717, 1.165) is 35.4 Å². The minimum absolute atomic E-state index is 0.242. The van der Waals surface area contributed by atoms with E-state index in [4.69, 9.17) is 11.6 Å². The second kappa shape index (κ2) is 4.85. The number of aryl methyl sites for hydroxylation is 2. The molecule has 3 rings (SSSR count). The molecule has 2 aromatic rings. The highest BCUT2D eigenvalue weighted by molar-refractivity contribution is 6.28. The SMILES string of the molecule is Cc1nc2nc(Cl)nc(C3=CCCCC3)c2nc1C. The maximum absolute atomic E-state index is 6.02. The Hall–Kier alpha value is -1.55. The monoisotopic (exact) mass is 274 g/mol. The molecule has 0 amide bonds. The third-order valence-corrected chi connectivity index (χ3v) is 3.68. The minimum Gasteiger partial charge on any atom is -0.246 e. The second-order valence-corrected chi connectivity index (χ2v) is 5.22. The van der Waals surface area contributed by atoms with E-state index in [1.54, 1.807) is 0 Å². The molecule has 2 aromatic heterocycles. The largest absolute Gasteiger partial charge is 0.246 e. The number of rotatable bonds is 1. The zero-order chi connectivity index (χ0) is 13.4. The lowest BCUT2D eigenvalue weighted by molar-refractivity contribution is 0.740. The van der Waals surface area contributed by atoms with Crippen molar-refractivity contribution in [3.05, 3.63) is 28.4 Å². The van der Waals surface area contributed by atoms with Crippen molar-refractivity contribution < 1.29 is 0 Å². The van der Waals surface area contributed by atoms with Gasteiger partial charge in [0.25, 0.3) is 0 Å². The first-order valence-corrected chi connectivity index (χ1v) is 6.91. The molecular weight excluding hydrogens is 260 g/mol. The van der Waals surface area contributed by atoms with Crippen LogP contribution in [0, 0.1) is 13.8 Å². The zero-order valence-electron chi connectivity index (χ0n) is 11.1. The lowest BCUT2D eigenvalue weighted by Crippen LogP contribution is -2.03. The molecule has 0 saturated heterocycles. The Balaban J connectivity index is 2.28. The van der Waals surface area contributed by atoms with E-state index >= 15 is 0 Å². The quantitative estimate of drug-likeness (QED) is 0.745. The summed E-state index contributed by atoms with van der Waals surface area (Å²) in [5.74, 6) is 0. The summed E-state index contributed by atoms with van der Waals surface area (Å²) in [6.45, 7) is 3.88. The Labute approximate surface area is 117 Å². The van der Waals surface area contributed by atoms with Gasteiger partial charge >= 0.3 is 0 Å². The van der Waals surface area contributed by atoms with Gasteiger partial charge in [-0.1, -0.05) is 6.08 Å². The molecule has 0 saturated carbocycles. The number of hydrogen-bond acceptors (Lipinski definition) is 4. The van der Waals surface area contributed by atoms with Crippen LogP contribution in [0.4, 0.5) is 0 Å². The summed E-state index contributed by atoms with van der Waals surface area (Å²) in [4.78, 5) is 17.6. The van der Waals surface area contributed by atoms with Crippen molar-refractivity contribution in [3.63, 3.8) is 0 Å². The summed E-state index contributed by atoms with van der Waals surface area (Å²) in [7, 11) is 0. The molecule has 1 aliphatic rings. The molecule has 0 radical (unpaired) electrons. The van der Waals surface area contributed by atoms with E-state index < -0.39 is 0 Å². The summed E-state index contributed by atoms with van der Waals surface area (Å²) in [5.41, 5.74) is 5.22. The first-order valence-electron chi connectivity index (χ1n) is 6.53. The maximum atomic E-state index is 6.02. The van der Waals surface area contributed by atoms with Crippen molar-refractivity contribution in [2.75, 3.05) is 0 Å². The van der Waals surface area contributed by atoms with Gasteiger partial charge in [-0.2, -0.15) is 4.98 Å². The molecule has 0 aromatic carbocycles. The highest BCUT2D eigenvalue weighted by Gasteiger charge is 2.16. The first kappa shape index (κ1) is 12.5. The average molecular weight is 275 g/mol. The molecule has 0 N–H and O–H groups in total. The van der Waals surface area contributed by atoms with Gasteiger partial charge in [0.2, 0.25) is 5.28 Å². The molecular formula is C14H15ClN4. The normalized spacial score (nSPS) is 15.6. The summed E-state index contributed by atoms with van der Waals surface area (Å²) in [6, 6.07) is 0. The van der Waals surface area contributed by atoms with Crippen LogP contribution in [0.15, 0.2) is 6.08 Å². The lowest BCUT2D eigenvalue weighted by atomic mass is 9.96. The fourth-order valence-corrected chi connectivity index (χ4v) is 2.53. The fraction of sp³-hybridized carbons (Fsp3) is 0.429. The molecule has 5 heteroatoms. The van der Waals surface area contributed by atoms with Crippen LogP contribution in [0.5, 0.6) is 0 Å². The highest BCUT2D eigenvalue weighted by Crippen LogP contribution is 2.29. The van der Waals surface area contributed by atoms with Crippen LogP contribution in [-0.4, -0.2) is 19.9 Å².